The number of nitrogens with zero attached hydrogens (tertiary/aromatic N) is 5. The molecular formula is C32H42N6O3. The van der Waals surface area contributed by atoms with E-state index in [2.05, 4.69) is 69.2 Å². The van der Waals surface area contributed by atoms with Crippen LogP contribution in [0.3, 0.4) is 0 Å². The quantitative estimate of drug-likeness (QED) is 0.346. The van der Waals surface area contributed by atoms with E-state index in [-0.39, 0.29) is 0 Å². The predicted octanol–water partition coefficient (Wildman–Crippen LogP) is 3.40. The van der Waals surface area contributed by atoms with Crippen molar-refractivity contribution in [2.75, 3.05) is 57.9 Å². The number of benzene rings is 2. The highest BCUT2D eigenvalue weighted by molar-refractivity contribution is 5.73. The molecule has 0 aliphatic carbocycles. The molecule has 2 aromatic carbocycles. The van der Waals surface area contributed by atoms with Gasteiger partial charge in [0.2, 0.25) is 0 Å². The van der Waals surface area contributed by atoms with Crippen molar-refractivity contribution >= 4 is 11.7 Å². The molecular weight excluding hydrogens is 516 g/mol. The summed E-state index contributed by atoms with van der Waals surface area (Å²) in [6.45, 7) is 7.12. The van der Waals surface area contributed by atoms with Gasteiger partial charge in [0.05, 0.1) is 18.9 Å². The third-order valence-electron chi connectivity index (χ3n) is 7.96. The summed E-state index contributed by atoms with van der Waals surface area (Å²) in [4.78, 5) is 28.0. The van der Waals surface area contributed by atoms with Crippen LogP contribution in [0, 0.1) is 0 Å². The van der Waals surface area contributed by atoms with Crippen LogP contribution in [0.4, 0.5) is 5.69 Å². The molecule has 2 fully saturated rings. The number of hydrogen-bond donors (Lipinski definition) is 2. The minimum absolute atomic E-state index is 0.414. The average Bonchev–Trinajstić information content (AvgIpc) is 3.45. The van der Waals surface area contributed by atoms with Gasteiger partial charge in [-0.3, -0.25) is 9.69 Å². The fourth-order valence-corrected chi connectivity index (χ4v) is 5.83. The van der Waals surface area contributed by atoms with Crippen molar-refractivity contribution in [1.29, 1.82) is 0 Å². The van der Waals surface area contributed by atoms with Gasteiger partial charge in [-0.25, -0.2) is 9.97 Å². The van der Waals surface area contributed by atoms with Crippen LogP contribution in [0.25, 0.3) is 11.3 Å². The molecule has 41 heavy (non-hydrogen) atoms. The van der Waals surface area contributed by atoms with Crippen molar-refractivity contribution in [1.82, 2.24) is 19.8 Å². The van der Waals surface area contributed by atoms with Gasteiger partial charge in [0.15, 0.2) is 0 Å². The number of carboxylic acids is 1. The van der Waals surface area contributed by atoms with Crippen molar-refractivity contribution in [3.8, 4) is 11.3 Å². The number of rotatable bonds is 12. The summed E-state index contributed by atoms with van der Waals surface area (Å²) < 4.78 is 5.58. The molecule has 0 bridgehead atoms. The van der Waals surface area contributed by atoms with Crippen LogP contribution in [0.5, 0.6) is 0 Å². The van der Waals surface area contributed by atoms with Crippen LogP contribution in [0.1, 0.15) is 41.8 Å². The third-order valence-corrected chi connectivity index (χ3v) is 7.96. The maximum absolute atomic E-state index is 11.8. The molecule has 0 amide bonds. The normalized spacial score (nSPS) is 17.8. The molecule has 1 aromatic heterocycles. The fourth-order valence-electron chi connectivity index (χ4n) is 5.83. The second-order valence-corrected chi connectivity index (χ2v) is 11.2. The van der Waals surface area contributed by atoms with Crippen LogP contribution in [-0.4, -0.2) is 89.9 Å². The van der Waals surface area contributed by atoms with Gasteiger partial charge in [-0.1, -0.05) is 30.3 Å². The summed E-state index contributed by atoms with van der Waals surface area (Å²) in [6.07, 6.45) is 5.06. The van der Waals surface area contributed by atoms with Crippen molar-refractivity contribution in [3.05, 3.63) is 77.2 Å². The first-order valence-corrected chi connectivity index (χ1v) is 14.7. The highest BCUT2D eigenvalue weighted by atomic mass is 16.5. The molecule has 2 aliphatic rings. The van der Waals surface area contributed by atoms with Crippen molar-refractivity contribution in [3.63, 3.8) is 0 Å². The Labute approximate surface area is 243 Å². The predicted molar refractivity (Wildman–Crippen MR) is 161 cm³/mol. The summed E-state index contributed by atoms with van der Waals surface area (Å²) in [7, 11) is 2.12. The number of carboxylic acid groups (broad SMARTS) is 1. The Morgan fingerprint density at radius 2 is 1.85 bits per heavy atom. The van der Waals surface area contributed by atoms with Crippen LogP contribution < -0.4 is 10.6 Å². The Kier molecular flexibility index (Phi) is 9.95. The Bertz CT molecular complexity index is 1290. The van der Waals surface area contributed by atoms with E-state index >= 15 is 0 Å². The molecule has 9 heteroatoms. The van der Waals surface area contributed by atoms with E-state index in [1.54, 1.807) is 0 Å². The summed E-state index contributed by atoms with van der Waals surface area (Å²) in [5.74, 6) is 0.0340. The van der Waals surface area contributed by atoms with Crippen molar-refractivity contribution < 1.29 is 14.6 Å². The Balaban J connectivity index is 1.34. The topological polar surface area (TPSA) is 108 Å². The summed E-state index contributed by atoms with van der Waals surface area (Å²) in [6, 6.07) is 16.7. The molecule has 0 saturated carbocycles. The lowest BCUT2D eigenvalue weighted by molar-refractivity contribution is -0.142. The molecule has 1 atom stereocenters. The molecule has 0 radical (unpaired) electrons. The lowest BCUT2D eigenvalue weighted by Crippen LogP contribution is -2.37. The van der Waals surface area contributed by atoms with E-state index in [0.717, 1.165) is 79.5 Å². The summed E-state index contributed by atoms with van der Waals surface area (Å²) in [5.41, 5.74) is 12.3. The smallest absolute Gasteiger partial charge is 0.320 e. The maximum atomic E-state index is 11.8. The van der Waals surface area contributed by atoms with Crippen LogP contribution in [-0.2, 0) is 29.0 Å². The van der Waals surface area contributed by atoms with E-state index in [9.17, 15) is 9.90 Å². The zero-order valence-electron chi connectivity index (χ0n) is 24.0. The summed E-state index contributed by atoms with van der Waals surface area (Å²) >= 11 is 0. The molecule has 2 aliphatic heterocycles. The maximum Gasteiger partial charge on any atom is 0.320 e. The van der Waals surface area contributed by atoms with Crippen LogP contribution >= 0.6 is 0 Å². The van der Waals surface area contributed by atoms with E-state index in [4.69, 9.17) is 15.5 Å². The second-order valence-electron chi connectivity index (χ2n) is 11.2. The molecule has 218 valence electrons. The highest BCUT2D eigenvalue weighted by Crippen LogP contribution is 2.26. The van der Waals surface area contributed by atoms with E-state index in [1.165, 1.54) is 5.56 Å². The van der Waals surface area contributed by atoms with Gasteiger partial charge < -0.3 is 25.4 Å². The third kappa shape index (κ3) is 7.89. The number of nitrogens with two attached hydrogens (primary N) is 1. The zero-order valence-corrected chi connectivity index (χ0v) is 24.0. The first kappa shape index (κ1) is 29.1. The van der Waals surface area contributed by atoms with Crippen LogP contribution in [0.2, 0.25) is 0 Å². The molecule has 9 nitrogen and oxygen atoms in total. The number of aromatic nitrogens is 2. The van der Waals surface area contributed by atoms with Gasteiger partial charge in [0.1, 0.15) is 11.9 Å². The minimum atomic E-state index is -0.732. The zero-order chi connectivity index (χ0) is 28.6. The first-order chi connectivity index (χ1) is 20.0. The van der Waals surface area contributed by atoms with E-state index in [0.29, 0.717) is 39.1 Å². The Morgan fingerprint density at radius 3 is 2.61 bits per heavy atom. The van der Waals surface area contributed by atoms with E-state index in [1.807, 2.05) is 12.3 Å². The van der Waals surface area contributed by atoms with Gasteiger partial charge in [-0.15, -0.1) is 0 Å². The molecule has 0 spiro atoms. The van der Waals surface area contributed by atoms with Crippen molar-refractivity contribution in [2.24, 2.45) is 5.73 Å². The number of aliphatic carboxylic acids is 1. The van der Waals surface area contributed by atoms with Gasteiger partial charge in [0.25, 0.3) is 0 Å². The fraction of sp³-hybridized carbons (Fsp3) is 0.469. The van der Waals surface area contributed by atoms with Gasteiger partial charge >= 0.3 is 5.97 Å². The molecule has 1 unspecified atom stereocenters. The number of anilines is 1. The molecule has 3 N–H and O–H groups in total. The van der Waals surface area contributed by atoms with E-state index < -0.39 is 12.0 Å². The van der Waals surface area contributed by atoms with Gasteiger partial charge in [0, 0.05) is 50.0 Å². The number of hydrogen-bond acceptors (Lipinski definition) is 8. The SMILES string of the molecule is CN(CCCN)Cc1ccc(-c2ccnc(Cc3cc(CN4CCCC4C(=O)O)cc(N4CCOCC4)c3)n2)cc1. The Hall–Kier alpha value is -3.37. The monoisotopic (exact) mass is 558 g/mol. The van der Waals surface area contributed by atoms with Crippen molar-refractivity contribution in [2.45, 2.75) is 44.8 Å². The number of morpholine rings is 1. The van der Waals surface area contributed by atoms with Gasteiger partial charge in [-0.05, 0) is 80.8 Å². The minimum Gasteiger partial charge on any atom is -0.480 e. The first-order valence-electron chi connectivity index (χ1n) is 14.7. The largest absolute Gasteiger partial charge is 0.480 e. The number of carbonyl (C=O) groups is 1. The Morgan fingerprint density at radius 1 is 1.07 bits per heavy atom. The molecule has 2 saturated heterocycles. The standard InChI is InChI=1S/C32H42N6O3/c1-36(12-3-10-33)22-24-5-7-27(8-6-24)29-9-11-34-31(35-29)21-25-18-26(23-38-13-2-4-30(38)32(39)40)20-28(19-25)37-14-16-41-17-15-37/h5-9,11,18-20,30H,2-4,10,12-17,21-23,33H2,1H3,(H,39,40). The number of ether oxygens (including phenoxy) is 1. The average molecular weight is 559 g/mol. The number of likely N-dealkylation sites (tertiary alicyclic amines) is 1. The molecule has 3 heterocycles. The lowest BCUT2D eigenvalue weighted by atomic mass is 10.0. The highest BCUT2D eigenvalue weighted by Gasteiger charge is 2.30. The van der Waals surface area contributed by atoms with Gasteiger partial charge in [-0.2, -0.15) is 0 Å². The van der Waals surface area contributed by atoms with Crippen LogP contribution in [0.15, 0.2) is 54.7 Å². The lowest BCUT2D eigenvalue weighted by Gasteiger charge is -2.30. The molecule has 5 rings (SSSR count). The molecule has 3 aromatic rings. The second kappa shape index (κ2) is 14.0. The summed E-state index contributed by atoms with van der Waals surface area (Å²) in [5, 5.41) is 9.69.